The molecule has 0 aliphatic rings. The summed E-state index contributed by atoms with van der Waals surface area (Å²) in [5.74, 6) is -1.15. The fourth-order valence-corrected chi connectivity index (χ4v) is 1.48. The lowest BCUT2D eigenvalue weighted by atomic mass is 10.2. The van der Waals surface area contributed by atoms with E-state index in [1.807, 2.05) is 0 Å². The van der Waals surface area contributed by atoms with Gasteiger partial charge in [0.25, 0.3) is 10.1 Å². The van der Waals surface area contributed by atoms with Gasteiger partial charge >= 0.3 is 6.18 Å². The molecule has 0 aromatic heterocycles. The summed E-state index contributed by atoms with van der Waals surface area (Å²) in [6.07, 6.45) is -4.69. The number of rotatable bonds is 1. The van der Waals surface area contributed by atoms with Crippen molar-refractivity contribution in [3.05, 3.63) is 23.8 Å². The van der Waals surface area contributed by atoms with Gasteiger partial charge in [0, 0.05) is 0 Å². The molecule has 0 heterocycles. The van der Waals surface area contributed by atoms with E-state index in [-0.39, 0.29) is 6.07 Å². The second-order valence-electron chi connectivity index (χ2n) is 2.66. The third kappa shape index (κ3) is 2.60. The monoisotopic (exact) mass is 242 g/mol. The Morgan fingerprint density at radius 1 is 1.20 bits per heavy atom. The third-order valence-corrected chi connectivity index (χ3v) is 2.47. The first-order valence-corrected chi connectivity index (χ1v) is 4.94. The Kier molecular flexibility index (Phi) is 2.66. The molecule has 0 amide bonds. The highest BCUT2D eigenvalue weighted by atomic mass is 32.2. The van der Waals surface area contributed by atoms with Gasteiger partial charge in [-0.25, -0.2) is 0 Å². The highest BCUT2D eigenvalue weighted by molar-refractivity contribution is 7.86. The molecule has 4 nitrogen and oxygen atoms in total. The number of hydrogen-bond donors (Lipinski definition) is 2. The highest BCUT2D eigenvalue weighted by Crippen LogP contribution is 2.33. The maximum atomic E-state index is 12.1. The lowest BCUT2D eigenvalue weighted by Crippen LogP contribution is -2.06. The van der Waals surface area contributed by atoms with E-state index in [1.54, 1.807) is 0 Å². The Labute approximate surface area is 82.7 Å². The van der Waals surface area contributed by atoms with Gasteiger partial charge in [0.15, 0.2) is 0 Å². The van der Waals surface area contributed by atoms with E-state index in [4.69, 9.17) is 9.66 Å². The molecule has 0 unspecified atom stereocenters. The molecule has 0 atom stereocenters. The topological polar surface area (TPSA) is 74.6 Å². The fraction of sp³-hybridized carbons (Fsp3) is 0.143. The minimum absolute atomic E-state index is 0.225. The normalized spacial score (nSPS) is 12.8. The summed E-state index contributed by atoms with van der Waals surface area (Å²) in [6, 6.07) is 1.15. The van der Waals surface area contributed by atoms with Crippen molar-refractivity contribution in [2.75, 3.05) is 0 Å². The summed E-state index contributed by atoms with van der Waals surface area (Å²) in [4.78, 5) is -0.963. The van der Waals surface area contributed by atoms with E-state index < -0.39 is 32.5 Å². The average Bonchev–Trinajstić information content (AvgIpc) is 1.99. The second-order valence-corrected chi connectivity index (χ2v) is 4.05. The van der Waals surface area contributed by atoms with Crippen LogP contribution in [0.2, 0.25) is 0 Å². The molecule has 84 valence electrons. The zero-order valence-corrected chi connectivity index (χ0v) is 7.80. The van der Waals surface area contributed by atoms with Crippen LogP contribution in [0.1, 0.15) is 5.56 Å². The molecule has 1 rings (SSSR count). The molecule has 0 radical (unpaired) electrons. The van der Waals surface area contributed by atoms with Gasteiger partial charge in [-0.05, 0) is 18.2 Å². The van der Waals surface area contributed by atoms with Gasteiger partial charge in [-0.15, -0.1) is 0 Å². The maximum absolute atomic E-state index is 12.1. The minimum Gasteiger partial charge on any atom is -0.506 e. The van der Waals surface area contributed by atoms with Crippen LogP contribution in [0.3, 0.4) is 0 Å². The number of hydrogen-bond acceptors (Lipinski definition) is 3. The van der Waals surface area contributed by atoms with Crippen LogP contribution in [0, 0.1) is 0 Å². The van der Waals surface area contributed by atoms with Crippen LogP contribution in [-0.2, 0) is 16.3 Å². The van der Waals surface area contributed by atoms with Crippen LogP contribution in [-0.4, -0.2) is 18.1 Å². The minimum atomic E-state index is -4.71. The standard InChI is InChI=1S/C7H5F3O4S/c8-7(9,10)4-1-2-6(5(11)3-4)15(12,13)14/h1-3,11H,(H,12,13,14). The van der Waals surface area contributed by atoms with Crippen LogP contribution >= 0.6 is 0 Å². The van der Waals surface area contributed by atoms with Crippen molar-refractivity contribution in [1.29, 1.82) is 0 Å². The quantitative estimate of drug-likeness (QED) is 0.734. The van der Waals surface area contributed by atoms with Crippen LogP contribution in [0.4, 0.5) is 13.2 Å². The van der Waals surface area contributed by atoms with Gasteiger partial charge in [0.2, 0.25) is 0 Å². The largest absolute Gasteiger partial charge is 0.506 e. The SMILES string of the molecule is O=S(=O)(O)c1ccc(C(F)(F)F)cc1O. The summed E-state index contributed by atoms with van der Waals surface area (Å²) < 4.78 is 65.8. The number of phenolic OH excluding ortho intramolecular Hbond substituents is 1. The summed E-state index contributed by atoms with van der Waals surface area (Å²) in [6.45, 7) is 0. The van der Waals surface area contributed by atoms with Crippen molar-refractivity contribution in [2.24, 2.45) is 0 Å². The molecule has 8 heteroatoms. The predicted molar refractivity (Wildman–Crippen MR) is 42.9 cm³/mol. The Bertz CT molecular complexity index is 477. The molecule has 0 aliphatic heterocycles. The zero-order chi connectivity index (χ0) is 11.9. The van der Waals surface area contributed by atoms with Crippen molar-refractivity contribution in [3.8, 4) is 5.75 Å². The van der Waals surface area contributed by atoms with E-state index in [2.05, 4.69) is 0 Å². The van der Waals surface area contributed by atoms with Crippen molar-refractivity contribution >= 4 is 10.1 Å². The van der Waals surface area contributed by atoms with Crippen LogP contribution < -0.4 is 0 Å². The van der Waals surface area contributed by atoms with Gasteiger partial charge in [-0.1, -0.05) is 0 Å². The van der Waals surface area contributed by atoms with Crippen molar-refractivity contribution in [2.45, 2.75) is 11.1 Å². The highest BCUT2D eigenvalue weighted by Gasteiger charge is 2.32. The van der Waals surface area contributed by atoms with Crippen molar-refractivity contribution < 1.29 is 31.2 Å². The molecule has 1 aromatic rings. The maximum Gasteiger partial charge on any atom is 0.416 e. The molecular formula is C7H5F3O4S. The first-order chi connectivity index (χ1) is 6.62. The second kappa shape index (κ2) is 3.38. The van der Waals surface area contributed by atoms with Crippen molar-refractivity contribution in [1.82, 2.24) is 0 Å². The molecule has 1 aromatic carbocycles. The number of halogens is 3. The number of aromatic hydroxyl groups is 1. The molecule has 15 heavy (non-hydrogen) atoms. The molecule has 0 aliphatic carbocycles. The fourth-order valence-electron chi connectivity index (χ4n) is 0.912. The van der Waals surface area contributed by atoms with E-state index in [1.165, 1.54) is 0 Å². The molecule has 0 fully saturated rings. The summed E-state index contributed by atoms with van der Waals surface area (Å²) >= 11 is 0. The van der Waals surface area contributed by atoms with Crippen LogP contribution in [0.5, 0.6) is 5.75 Å². The third-order valence-electron chi connectivity index (χ3n) is 1.56. The van der Waals surface area contributed by atoms with Gasteiger partial charge in [-0.2, -0.15) is 21.6 Å². The smallest absolute Gasteiger partial charge is 0.416 e. The number of alkyl halides is 3. The van der Waals surface area contributed by atoms with Gasteiger partial charge < -0.3 is 5.11 Å². The first kappa shape index (κ1) is 11.8. The molecule has 0 saturated heterocycles. The van der Waals surface area contributed by atoms with E-state index in [0.29, 0.717) is 12.1 Å². The van der Waals surface area contributed by atoms with Gasteiger partial charge in [0.05, 0.1) is 5.56 Å². The van der Waals surface area contributed by atoms with E-state index in [9.17, 15) is 21.6 Å². The Hall–Kier alpha value is -1.28. The summed E-state index contributed by atoms with van der Waals surface area (Å²) in [5.41, 5.74) is -1.20. The lowest BCUT2D eigenvalue weighted by molar-refractivity contribution is -0.137. The molecule has 0 saturated carbocycles. The van der Waals surface area contributed by atoms with Gasteiger partial charge in [0.1, 0.15) is 10.6 Å². The first-order valence-electron chi connectivity index (χ1n) is 3.50. The Morgan fingerprint density at radius 2 is 1.73 bits per heavy atom. The summed E-state index contributed by atoms with van der Waals surface area (Å²) in [7, 11) is -4.71. The van der Waals surface area contributed by atoms with E-state index in [0.717, 1.165) is 0 Å². The summed E-state index contributed by atoms with van der Waals surface area (Å²) in [5, 5.41) is 8.95. The molecule has 0 bridgehead atoms. The molecule has 2 N–H and O–H groups in total. The van der Waals surface area contributed by atoms with Crippen LogP contribution in [0.15, 0.2) is 23.1 Å². The lowest BCUT2D eigenvalue weighted by Gasteiger charge is -2.08. The molecule has 0 spiro atoms. The average molecular weight is 242 g/mol. The predicted octanol–water partition coefficient (Wildman–Crippen LogP) is 1.66. The Morgan fingerprint density at radius 3 is 2.07 bits per heavy atom. The van der Waals surface area contributed by atoms with Crippen molar-refractivity contribution in [3.63, 3.8) is 0 Å². The molecular weight excluding hydrogens is 237 g/mol. The Balaban J connectivity index is 3.34. The van der Waals surface area contributed by atoms with E-state index >= 15 is 0 Å². The zero-order valence-electron chi connectivity index (χ0n) is 6.99. The van der Waals surface area contributed by atoms with Crippen LogP contribution in [0.25, 0.3) is 0 Å². The number of phenols is 1. The van der Waals surface area contributed by atoms with Gasteiger partial charge in [-0.3, -0.25) is 4.55 Å². The number of benzene rings is 1.